The molecule has 5 nitrogen and oxygen atoms in total. The standard InChI is InChI=1S/C18H14BrF2NO4/c1-2-12(18(25)26)22-13-5-3-4-9(19)16(13)15(17(22)24)8-6-10(20)11(21)7-14(8)23/h3-7,12,15,23H,2H2,1H3,(H,25,26). The van der Waals surface area contributed by atoms with Gasteiger partial charge in [-0.3, -0.25) is 9.69 Å². The SMILES string of the molecule is CCC(C(=O)O)N1C(=O)C(c2cc(F)c(F)cc2O)c2c(Br)cccc21. The van der Waals surface area contributed by atoms with Crippen LogP contribution >= 0.6 is 15.9 Å². The Morgan fingerprint density at radius 1 is 1.31 bits per heavy atom. The molecule has 0 radical (unpaired) electrons. The molecule has 8 heteroatoms. The van der Waals surface area contributed by atoms with Crippen LogP contribution in [0.3, 0.4) is 0 Å². The average molecular weight is 426 g/mol. The van der Waals surface area contributed by atoms with E-state index in [-0.39, 0.29) is 12.0 Å². The molecule has 1 heterocycles. The number of carbonyl (C=O) groups excluding carboxylic acids is 1. The molecule has 2 N–H and O–H groups in total. The molecule has 26 heavy (non-hydrogen) atoms. The maximum absolute atomic E-state index is 13.7. The van der Waals surface area contributed by atoms with Crippen LogP contribution in [0.25, 0.3) is 0 Å². The van der Waals surface area contributed by atoms with E-state index in [1.165, 1.54) is 0 Å². The minimum Gasteiger partial charge on any atom is -0.508 e. The summed E-state index contributed by atoms with van der Waals surface area (Å²) in [5.74, 6) is -5.97. The number of carboxylic acids is 1. The Morgan fingerprint density at radius 3 is 2.58 bits per heavy atom. The van der Waals surface area contributed by atoms with E-state index >= 15 is 0 Å². The van der Waals surface area contributed by atoms with E-state index in [4.69, 9.17) is 0 Å². The normalized spacial score (nSPS) is 17.3. The second kappa shape index (κ2) is 6.68. The van der Waals surface area contributed by atoms with Gasteiger partial charge in [-0.15, -0.1) is 0 Å². The van der Waals surface area contributed by atoms with Crippen molar-refractivity contribution in [1.82, 2.24) is 0 Å². The van der Waals surface area contributed by atoms with E-state index in [0.717, 1.165) is 11.0 Å². The maximum atomic E-state index is 13.7. The molecule has 0 aromatic heterocycles. The number of aromatic hydroxyl groups is 1. The maximum Gasteiger partial charge on any atom is 0.326 e. The van der Waals surface area contributed by atoms with Crippen LogP contribution in [-0.4, -0.2) is 28.1 Å². The Bertz CT molecular complexity index is 918. The van der Waals surface area contributed by atoms with Crippen molar-refractivity contribution in [3.63, 3.8) is 0 Å². The number of carboxylic acid groups (broad SMARTS) is 1. The zero-order valence-electron chi connectivity index (χ0n) is 13.5. The van der Waals surface area contributed by atoms with Crippen LogP contribution in [0, 0.1) is 11.6 Å². The van der Waals surface area contributed by atoms with Gasteiger partial charge in [0.05, 0.1) is 11.6 Å². The van der Waals surface area contributed by atoms with Crippen molar-refractivity contribution in [2.75, 3.05) is 4.90 Å². The van der Waals surface area contributed by atoms with Gasteiger partial charge in [0.25, 0.3) is 0 Å². The molecule has 0 spiro atoms. The van der Waals surface area contributed by atoms with Crippen molar-refractivity contribution in [3.8, 4) is 5.75 Å². The van der Waals surface area contributed by atoms with Crippen molar-refractivity contribution < 1.29 is 28.6 Å². The average Bonchev–Trinajstić information content (AvgIpc) is 2.86. The zero-order valence-corrected chi connectivity index (χ0v) is 15.1. The minimum absolute atomic E-state index is 0.121. The largest absolute Gasteiger partial charge is 0.508 e. The van der Waals surface area contributed by atoms with Crippen LogP contribution < -0.4 is 4.90 Å². The van der Waals surface area contributed by atoms with Crippen molar-refractivity contribution in [2.24, 2.45) is 0 Å². The molecule has 2 aromatic carbocycles. The van der Waals surface area contributed by atoms with Crippen LogP contribution in [0.2, 0.25) is 0 Å². The van der Waals surface area contributed by atoms with E-state index in [1.807, 2.05) is 0 Å². The molecule has 1 aliphatic rings. The Hall–Kier alpha value is -2.48. The number of hydrogen-bond donors (Lipinski definition) is 2. The highest BCUT2D eigenvalue weighted by atomic mass is 79.9. The molecule has 1 aliphatic heterocycles. The summed E-state index contributed by atoms with van der Waals surface area (Å²) in [7, 11) is 0. The highest BCUT2D eigenvalue weighted by Gasteiger charge is 2.45. The topological polar surface area (TPSA) is 77.8 Å². The number of phenolic OH excluding ortho intramolecular Hbond substituents is 1. The Balaban J connectivity index is 2.25. The molecule has 136 valence electrons. The highest BCUT2D eigenvalue weighted by molar-refractivity contribution is 9.10. The second-order valence-electron chi connectivity index (χ2n) is 5.90. The van der Waals surface area contributed by atoms with Gasteiger partial charge >= 0.3 is 5.97 Å². The van der Waals surface area contributed by atoms with E-state index in [0.29, 0.717) is 21.8 Å². The first-order valence-corrected chi connectivity index (χ1v) is 8.59. The summed E-state index contributed by atoms with van der Waals surface area (Å²) in [4.78, 5) is 25.8. The van der Waals surface area contributed by atoms with Gasteiger partial charge in [-0.05, 0) is 24.6 Å². The van der Waals surface area contributed by atoms with Gasteiger partial charge in [0.15, 0.2) is 11.6 Å². The molecule has 0 saturated heterocycles. The Kier molecular flexibility index (Phi) is 4.70. The van der Waals surface area contributed by atoms with Gasteiger partial charge in [-0.25, -0.2) is 13.6 Å². The summed E-state index contributed by atoms with van der Waals surface area (Å²) < 4.78 is 27.6. The summed E-state index contributed by atoms with van der Waals surface area (Å²) in [5, 5.41) is 19.6. The molecular formula is C18H14BrF2NO4. The van der Waals surface area contributed by atoms with E-state index in [2.05, 4.69) is 15.9 Å². The van der Waals surface area contributed by atoms with Gasteiger partial charge in [0, 0.05) is 21.7 Å². The number of amides is 1. The molecular weight excluding hydrogens is 412 g/mol. The summed E-state index contributed by atoms with van der Waals surface area (Å²) in [5.41, 5.74) is 0.635. The number of benzene rings is 2. The molecule has 0 aliphatic carbocycles. The first-order valence-electron chi connectivity index (χ1n) is 7.80. The quantitative estimate of drug-likeness (QED) is 0.781. The molecule has 0 bridgehead atoms. The lowest BCUT2D eigenvalue weighted by Crippen LogP contribution is -2.43. The van der Waals surface area contributed by atoms with Gasteiger partial charge in [0.1, 0.15) is 11.8 Å². The number of anilines is 1. The van der Waals surface area contributed by atoms with Crippen LogP contribution in [0.5, 0.6) is 5.75 Å². The minimum atomic E-state index is -1.24. The lowest BCUT2D eigenvalue weighted by Gasteiger charge is -2.24. The molecule has 0 saturated carbocycles. The van der Waals surface area contributed by atoms with Gasteiger partial charge in [-0.1, -0.05) is 28.9 Å². The van der Waals surface area contributed by atoms with Crippen LogP contribution in [0.1, 0.15) is 30.4 Å². The molecule has 1 amide bonds. The second-order valence-corrected chi connectivity index (χ2v) is 6.76. The fourth-order valence-corrected chi connectivity index (χ4v) is 3.85. The lowest BCUT2D eigenvalue weighted by molar-refractivity contribution is -0.140. The summed E-state index contributed by atoms with van der Waals surface area (Å²) in [6.07, 6.45) is 0.156. The number of hydrogen-bond acceptors (Lipinski definition) is 3. The number of rotatable bonds is 4. The monoisotopic (exact) mass is 425 g/mol. The van der Waals surface area contributed by atoms with E-state index in [9.17, 15) is 28.6 Å². The number of nitrogens with zero attached hydrogens (tertiary/aromatic N) is 1. The van der Waals surface area contributed by atoms with Crippen molar-refractivity contribution in [2.45, 2.75) is 25.3 Å². The Morgan fingerprint density at radius 2 is 1.96 bits per heavy atom. The van der Waals surface area contributed by atoms with Crippen molar-refractivity contribution in [3.05, 3.63) is 57.6 Å². The molecule has 0 fully saturated rings. The smallest absolute Gasteiger partial charge is 0.326 e. The highest BCUT2D eigenvalue weighted by Crippen LogP contribution is 2.48. The first kappa shape index (κ1) is 18.3. The van der Waals surface area contributed by atoms with Crippen molar-refractivity contribution in [1.29, 1.82) is 0 Å². The first-order chi connectivity index (χ1) is 12.3. The third kappa shape index (κ3) is 2.74. The molecule has 2 aromatic rings. The number of phenols is 1. The Labute approximate surface area is 156 Å². The summed E-state index contributed by atoms with van der Waals surface area (Å²) in [6, 6.07) is 5.13. The zero-order chi connectivity index (χ0) is 19.2. The molecule has 2 atom stereocenters. The number of halogens is 3. The summed E-state index contributed by atoms with van der Waals surface area (Å²) >= 11 is 3.33. The van der Waals surface area contributed by atoms with E-state index in [1.54, 1.807) is 25.1 Å². The van der Waals surface area contributed by atoms with Crippen LogP contribution in [-0.2, 0) is 9.59 Å². The number of fused-ring (bicyclic) bond motifs is 1. The van der Waals surface area contributed by atoms with Gasteiger partial charge in [0.2, 0.25) is 5.91 Å². The number of aliphatic carboxylic acids is 1. The van der Waals surface area contributed by atoms with Gasteiger partial charge in [-0.2, -0.15) is 0 Å². The van der Waals surface area contributed by atoms with Crippen molar-refractivity contribution >= 4 is 33.5 Å². The van der Waals surface area contributed by atoms with Gasteiger partial charge < -0.3 is 10.2 Å². The van der Waals surface area contributed by atoms with Crippen LogP contribution in [0.4, 0.5) is 14.5 Å². The number of carbonyl (C=O) groups is 2. The predicted octanol–water partition coefficient (Wildman–Crippen LogP) is 3.77. The summed E-state index contributed by atoms with van der Waals surface area (Å²) in [6.45, 7) is 1.63. The fourth-order valence-electron chi connectivity index (χ4n) is 3.26. The predicted molar refractivity (Wildman–Crippen MR) is 93.2 cm³/mol. The third-order valence-electron chi connectivity index (χ3n) is 4.43. The molecule has 3 rings (SSSR count). The third-order valence-corrected chi connectivity index (χ3v) is 5.12. The molecule has 2 unspecified atom stereocenters. The lowest BCUT2D eigenvalue weighted by atomic mass is 9.91. The van der Waals surface area contributed by atoms with E-state index < -0.39 is 41.2 Å². The van der Waals surface area contributed by atoms with Crippen LogP contribution in [0.15, 0.2) is 34.8 Å². The fraction of sp³-hybridized carbons (Fsp3) is 0.222.